The predicted molar refractivity (Wildman–Crippen MR) is 144 cm³/mol. The summed E-state index contributed by atoms with van der Waals surface area (Å²) in [5, 5.41) is 0. The average Bonchev–Trinajstić information content (AvgIpc) is 3.26. The van der Waals surface area contributed by atoms with Crippen molar-refractivity contribution in [2.75, 3.05) is 0 Å². The van der Waals surface area contributed by atoms with E-state index in [0.717, 1.165) is 19.3 Å². The van der Waals surface area contributed by atoms with E-state index in [2.05, 4.69) is 103 Å². The van der Waals surface area contributed by atoms with Crippen molar-refractivity contribution in [3.8, 4) is 0 Å². The van der Waals surface area contributed by atoms with Crippen molar-refractivity contribution in [1.82, 2.24) is 0 Å². The molecule has 0 spiro atoms. The van der Waals surface area contributed by atoms with Crippen LogP contribution in [-0.4, -0.2) is 0 Å². The summed E-state index contributed by atoms with van der Waals surface area (Å²) >= 11 is 0. The van der Waals surface area contributed by atoms with Crippen molar-refractivity contribution >= 4 is 0 Å². The lowest BCUT2D eigenvalue weighted by Crippen LogP contribution is -2.21. The van der Waals surface area contributed by atoms with Crippen LogP contribution in [0.25, 0.3) is 0 Å². The number of hydrogen-bond donors (Lipinski definition) is 0. The zero-order valence-corrected chi connectivity index (χ0v) is 21.5. The van der Waals surface area contributed by atoms with Gasteiger partial charge < -0.3 is 0 Å². The number of fused-ring (bicyclic) bond motifs is 1. The molecule has 33 heavy (non-hydrogen) atoms. The van der Waals surface area contributed by atoms with E-state index in [1.54, 1.807) is 0 Å². The van der Waals surface area contributed by atoms with Gasteiger partial charge in [-0.2, -0.15) is 0 Å². The molecule has 172 valence electrons. The van der Waals surface area contributed by atoms with Crippen LogP contribution in [0.15, 0.2) is 106 Å². The molecular formula is C33H40. The zero-order chi connectivity index (χ0) is 23.9. The second-order valence-corrected chi connectivity index (χ2v) is 10.6. The van der Waals surface area contributed by atoms with Gasteiger partial charge in [-0.1, -0.05) is 113 Å². The summed E-state index contributed by atoms with van der Waals surface area (Å²) in [7, 11) is 0. The summed E-state index contributed by atoms with van der Waals surface area (Å²) in [5.41, 5.74) is 14.0. The molecule has 0 saturated heterocycles. The fourth-order valence-corrected chi connectivity index (χ4v) is 5.85. The summed E-state index contributed by atoms with van der Waals surface area (Å²) in [5.74, 6) is 1.71. The molecule has 0 radical (unpaired) electrons. The molecule has 0 heteroatoms. The molecule has 3 atom stereocenters. The summed E-state index contributed by atoms with van der Waals surface area (Å²) in [6.45, 7) is 22.8. The van der Waals surface area contributed by atoms with Crippen molar-refractivity contribution in [1.29, 1.82) is 0 Å². The number of allylic oxidation sites excluding steroid dienone is 12. The van der Waals surface area contributed by atoms with Crippen LogP contribution in [0.4, 0.5) is 0 Å². The molecule has 0 aliphatic heterocycles. The van der Waals surface area contributed by atoms with Crippen LogP contribution in [0.1, 0.15) is 83.8 Å². The molecule has 0 amide bonds. The van der Waals surface area contributed by atoms with Crippen molar-refractivity contribution < 1.29 is 0 Å². The van der Waals surface area contributed by atoms with E-state index in [0.29, 0.717) is 23.7 Å². The van der Waals surface area contributed by atoms with Gasteiger partial charge in [-0.15, -0.1) is 0 Å². The first kappa shape index (κ1) is 23.6. The van der Waals surface area contributed by atoms with Gasteiger partial charge >= 0.3 is 0 Å². The van der Waals surface area contributed by atoms with Gasteiger partial charge in [0.2, 0.25) is 0 Å². The standard InChI is InChI=1S/C33H40/c1-9-10-22(5)31-23(6)17-30-19-29(18-28-12-11-21(4)24(28)7)25(8)32(30)33(31)27-15-13-26(14-16-27)20(2)3/h11-18,20-21,32-33H,5,8-10,19H2,1-4,6-7H3/b29-18-. The van der Waals surface area contributed by atoms with Gasteiger partial charge in [-0.25, -0.2) is 0 Å². The van der Waals surface area contributed by atoms with Crippen molar-refractivity contribution in [2.45, 2.75) is 72.6 Å². The minimum Gasteiger partial charge on any atom is -0.0955 e. The molecule has 1 aromatic carbocycles. The Morgan fingerprint density at radius 3 is 2.39 bits per heavy atom. The first-order chi connectivity index (χ1) is 15.7. The second kappa shape index (κ2) is 9.34. The normalized spacial score (nSPS) is 26.0. The molecule has 0 aromatic heterocycles. The molecular weight excluding hydrogens is 396 g/mol. The van der Waals surface area contributed by atoms with Gasteiger partial charge in [0, 0.05) is 11.8 Å². The Hall–Kier alpha value is -2.60. The summed E-state index contributed by atoms with van der Waals surface area (Å²) in [6.07, 6.45) is 12.6. The third-order valence-electron chi connectivity index (χ3n) is 7.98. The number of rotatable bonds is 6. The Labute approximate surface area is 201 Å². The first-order valence-electron chi connectivity index (χ1n) is 12.7. The Morgan fingerprint density at radius 2 is 1.82 bits per heavy atom. The quantitative estimate of drug-likeness (QED) is 0.416. The lowest BCUT2D eigenvalue weighted by Gasteiger charge is -2.34. The van der Waals surface area contributed by atoms with Crippen LogP contribution < -0.4 is 0 Å². The maximum atomic E-state index is 4.68. The van der Waals surface area contributed by atoms with Crippen LogP contribution >= 0.6 is 0 Å². The van der Waals surface area contributed by atoms with E-state index in [1.165, 1.54) is 55.7 Å². The summed E-state index contributed by atoms with van der Waals surface area (Å²) in [6, 6.07) is 9.36. The van der Waals surface area contributed by atoms with Crippen LogP contribution in [0.3, 0.4) is 0 Å². The Kier molecular flexibility index (Phi) is 6.66. The molecule has 1 fully saturated rings. The van der Waals surface area contributed by atoms with Crippen LogP contribution in [0.2, 0.25) is 0 Å². The molecule has 1 aromatic rings. The topological polar surface area (TPSA) is 0 Å². The summed E-state index contributed by atoms with van der Waals surface area (Å²) in [4.78, 5) is 0. The van der Waals surface area contributed by atoms with Gasteiger partial charge in [0.05, 0.1) is 0 Å². The smallest absolute Gasteiger partial charge is 0.0201 e. The minimum absolute atomic E-state index is 0.303. The highest BCUT2D eigenvalue weighted by molar-refractivity contribution is 5.62. The van der Waals surface area contributed by atoms with Crippen LogP contribution in [0.5, 0.6) is 0 Å². The fraction of sp³-hybridized carbons (Fsp3) is 0.394. The maximum Gasteiger partial charge on any atom is 0.0201 e. The average molecular weight is 437 g/mol. The van der Waals surface area contributed by atoms with Crippen molar-refractivity contribution in [3.05, 3.63) is 117 Å². The van der Waals surface area contributed by atoms with E-state index < -0.39 is 0 Å². The molecule has 0 bridgehead atoms. The van der Waals surface area contributed by atoms with Crippen LogP contribution in [-0.2, 0) is 0 Å². The Balaban J connectivity index is 1.79. The van der Waals surface area contributed by atoms with E-state index in [4.69, 9.17) is 0 Å². The molecule has 1 saturated carbocycles. The lowest BCUT2D eigenvalue weighted by molar-refractivity contribution is 0.619. The zero-order valence-electron chi connectivity index (χ0n) is 21.5. The van der Waals surface area contributed by atoms with Crippen LogP contribution in [0, 0.1) is 11.8 Å². The highest BCUT2D eigenvalue weighted by Crippen LogP contribution is 2.55. The Morgan fingerprint density at radius 1 is 1.12 bits per heavy atom. The molecule has 4 rings (SSSR count). The molecule has 0 N–H and O–H groups in total. The van der Waals surface area contributed by atoms with Gasteiger partial charge in [-0.05, 0) is 77.5 Å². The van der Waals surface area contributed by atoms with Gasteiger partial charge in [0.1, 0.15) is 0 Å². The number of hydrogen-bond acceptors (Lipinski definition) is 0. The van der Waals surface area contributed by atoms with E-state index in [-0.39, 0.29) is 0 Å². The maximum absolute atomic E-state index is 4.68. The van der Waals surface area contributed by atoms with Gasteiger partial charge in [0.15, 0.2) is 0 Å². The second-order valence-electron chi connectivity index (χ2n) is 10.6. The Bertz CT molecular complexity index is 1120. The third-order valence-corrected chi connectivity index (χ3v) is 7.98. The fourth-order valence-electron chi connectivity index (χ4n) is 5.85. The minimum atomic E-state index is 0.303. The third kappa shape index (κ3) is 4.33. The van der Waals surface area contributed by atoms with Crippen molar-refractivity contribution in [2.24, 2.45) is 11.8 Å². The first-order valence-corrected chi connectivity index (χ1v) is 12.7. The van der Waals surface area contributed by atoms with Crippen molar-refractivity contribution in [3.63, 3.8) is 0 Å². The SMILES string of the molecule is C=C(CCC)C1=C(C)C=C2C/C(=C/C3=C(C)C(C)C=C3)C(=C)C2C1c1ccc(C(C)C)cc1. The molecule has 0 heterocycles. The number of benzene rings is 1. The van der Waals surface area contributed by atoms with E-state index in [9.17, 15) is 0 Å². The monoisotopic (exact) mass is 436 g/mol. The van der Waals surface area contributed by atoms with Gasteiger partial charge in [-0.3, -0.25) is 0 Å². The molecule has 0 nitrogen and oxygen atoms in total. The molecule has 3 unspecified atom stereocenters. The summed E-state index contributed by atoms with van der Waals surface area (Å²) < 4.78 is 0. The largest absolute Gasteiger partial charge is 0.0955 e. The highest BCUT2D eigenvalue weighted by atomic mass is 14.4. The van der Waals surface area contributed by atoms with E-state index >= 15 is 0 Å². The lowest BCUT2D eigenvalue weighted by atomic mass is 9.69. The predicted octanol–water partition coefficient (Wildman–Crippen LogP) is 9.53. The molecule has 3 aliphatic rings. The van der Waals surface area contributed by atoms with E-state index in [1.807, 2.05) is 0 Å². The molecule has 3 aliphatic carbocycles. The van der Waals surface area contributed by atoms with Gasteiger partial charge in [0.25, 0.3) is 0 Å². The highest BCUT2D eigenvalue weighted by Gasteiger charge is 2.41.